The van der Waals surface area contributed by atoms with Gasteiger partial charge in [-0.15, -0.1) is 0 Å². The number of rotatable bonds is 13. The van der Waals surface area contributed by atoms with Gasteiger partial charge in [-0.25, -0.2) is 0 Å². The molecule has 1 unspecified atom stereocenters. The maximum Gasteiger partial charge on any atom is 0.0110 e. The second-order valence-corrected chi connectivity index (χ2v) is 7.33. The first-order valence-corrected chi connectivity index (χ1v) is 10.2. The molecular formula is C20H42N2. The Balaban J connectivity index is 2.05. The summed E-state index contributed by atoms with van der Waals surface area (Å²) in [4.78, 5) is 5.42. The van der Waals surface area contributed by atoms with Crippen LogP contribution in [-0.2, 0) is 0 Å². The molecule has 22 heavy (non-hydrogen) atoms. The minimum atomic E-state index is 0.935. The Morgan fingerprint density at radius 1 is 0.682 bits per heavy atom. The first kappa shape index (κ1) is 20.0. The van der Waals surface area contributed by atoms with Crippen LogP contribution in [0.4, 0.5) is 0 Å². The van der Waals surface area contributed by atoms with E-state index < -0.39 is 0 Å². The molecule has 0 aliphatic carbocycles. The highest BCUT2D eigenvalue weighted by Crippen LogP contribution is 2.16. The SMILES string of the molecule is CCCCCCCCN1CCN(CC(CC)CCCC)CC1. The van der Waals surface area contributed by atoms with Gasteiger partial charge in [-0.2, -0.15) is 0 Å². The average Bonchev–Trinajstić information content (AvgIpc) is 2.56. The molecule has 0 radical (unpaired) electrons. The van der Waals surface area contributed by atoms with Gasteiger partial charge in [0.05, 0.1) is 0 Å². The summed E-state index contributed by atoms with van der Waals surface area (Å²) in [6.07, 6.45) is 14.1. The van der Waals surface area contributed by atoms with Gasteiger partial charge >= 0.3 is 0 Å². The number of hydrogen-bond donors (Lipinski definition) is 0. The van der Waals surface area contributed by atoms with Crippen molar-refractivity contribution in [2.75, 3.05) is 39.3 Å². The van der Waals surface area contributed by atoms with Gasteiger partial charge in [-0.3, -0.25) is 0 Å². The van der Waals surface area contributed by atoms with Crippen LogP contribution in [0, 0.1) is 5.92 Å². The molecule has 1 heterocycles. The predicted molar refractivity (Wildman–Crippen MR) is 99.6 cm³/mol. The van der Waals surface area contributed by atoms with Crippen LogP contribution in [0.25, 0.3) is 0 Å². The van der Waals surface area contributed by atoms with E-state index >= 15 is 0 Å². The first-order valence-electron chi connectivity index (χ1n) is 10.2. The zero-order valence-electron chi connectivity index (χ0n) is 15.8. The Labute approximate surface area is 140 Å². The summed E-state index contributed by atoms with van der Waals surface area (Å²) >= 11 is 0. The maximum absolute atomic E-state index is 2.72. The quantitative estimate of drug-likeness (QED) is 0.432. The van der Waals surface area contributed by atoms with Crippen molar-refractivity contribution in [2.24, 2.45) is 5.92 Å². The van der Waals surface area contributed by atoms with Crippen LogP contribution in [0.1, 0.15) is 85.0 Å². The van der Waals surface area contributed by atoms with Crippen molar-refractivity contribution in [1.82, 2.24) is 9.80 Å². The molecule has 1 fully saturated rings. The van der Waals surface area contributed by atoms with E-state index in [1.165, 1.54) is 103 Å². The zero-order chi connectivity index (χ0) is 16.0. The third kappa shape index (κ3) is 9.15. The lowest BCUT2D eigenvalue weighted by molar-refractivity contribution is 0.113. The van der Waals surface area contributed by atoms with E-state index in [9.17, 15) is 0 Å². The Morgan fingerprint density at radius 2 is 1.27 bits per heavy atom. The molecule has 0 amide bonds. The van der Waals surface area contributed by atoms with Crippen LogP contribution in [0.2, 0.25) is 0 Å². The van der Waals surface area contributed by atoms with E-state index in [2.05, 4.69) is 30.6 Å². The van der Waals surface area contributed by atoms with Crippen molar-refractivity contribution in [3.8, 4) is 0 Å². The summed E-state index contributed by atoms with van der Waals surface area (Å²) in [6.45, 7) is 14.9. The van der Waals surface area contributed by atoms with Gasteiger partial charge in [-0.1, -0.05) is 72.1 Å². The molecule has 0 aromatic rings. The second-order valence-electron chi connectivity index (χ2n) is 7.33. The Morgan fingerprint density at radius 3 is 1.91 bits per heavy atom. The third-order valence-electron chi connectivity index (χ3n) is 5.35. The van der Waals surface area contributed by atoms with Crippen LogP contribution in [0.15, 0.2) is 0 Å². The monoisotopic (exact) mass is 310 g/mol. The molecule has 0 N–H and O–H groups in total. The van der Waals surface area contributed by atoms with Crippen LogP contribution >= 0.6 is 0 Å². The van der Waals surface area contributed by atoms with Gasteiger partial charge in [0, 0.05) is 32.7 Å². The fourth-order valence-electron chi connectivity index (χ4n) is 3.59. The lowest BCUT2D eigenvalue weighted by Gasteiger charge is -2.36. The van der Waals surface area contributed by atoms with E-state index in [1.54, 1.807) is 0 Å². The number of hydrogen-bond acceptors (Lipinski definition) is 2. The van der Waals surface area contributed by atoms with Crippen LogP contribution in [0.5, 0.6) is 0 Å². The molecule has 1 atom stereocenters. The van der Waals surface area contributed by atoms with Crippen molar-refractivity contribution in [2.45, 2.75) is 85.0 Å². The van der Waals surface area contributed by atoms with Crippen molar-refractivity contribution >= 4 is 0 Å². The topological polar surface area (TPSA) is 6.48 Å². The van der Waals surface area contributed by atoms with Gasteiger partial charge in [0.1, 0.15) is 0 Å². The van der Waals surface area contributed by atoms with Gasteiger partial charge < -0.3 is 9.80 Å². The Kier molecular flexibility index (Phi) is 12.1. The fourth-order valence-corrected chi connectivity index (χ4v) is 3.59. The highest BCUT2D eigenvalue weighted by molar-refractivity contribution is 4.74. The Hall–Kier alpha value is -0.0800. The second kappa shape index (κ2) is 13.4. The molecule has 1 rings (SSSR count). The average molecular weight is 311 g/mol. The molecule has 0 aromatic carbocycles. The highest BCUT2D eigenvalue weighted by atomic mass is 15.3. The van der Waals surface area contributed by atoms with Gasteiger partial charge in [-0.05, 0) is 25.3 Å². The van der Waals surface area contributed by atoms with Gasteiger partial charge in [0.2, 0.25) is 0 Å². The fraction of sp³-hybridized carbons (Fsp3) is 1.00. The van der Waals surface area contributed by atoms with Crippen molar-refractivity contribution in [1.29, 1.82) is 0 Å². The molecule has 0 aromatic heterocycles. The Bertz CT molecular complexity index is 234. The third-order valence-corrected chi connectivity index (χ3v) is 5.35. The summed E-state index contributed by atoms with van der Waals surface area (Å²) in [5, 5.41) is 0. The molecule has 1 saturated heterocycles. The van der Waals surface area contributed by atoms with Crippen molar-refractivity contribution < 1.29 is 0 Å². The number of piperazine rings is 1. The maximum atomic E-state index is 2.72. The molecule has 2 nitrogen and oxygen atoms in total. The number of unbranched alkanes of at least 4 members (excludes halogenated alkanes) is 6. The number of nitrogens with zero attached hydrogens (tertiary/aromatic N) is 2. The van der Waals surface area contributed by atoms with Crippen LogP contribution < -0.4 is 0 Å². The molecule has 2 heteroatoms. The van der Waals surface area contributed by atoms with Gasteiger partial charge in [0.15, 0.2) is 0 Å². The van der Waals surface area contributed by atoms with E-state index in [0.717, 1.165) is 5.92 Å². The van der Waals surface area contributed by atoms with E-state index in [0.29, 0.717) is 0 Å². The molecule has 0 saturated carbocycles. The van der Waals surface area contributed by atoms with Crippen molar-refractivity contribution in [3.63, 3.8) is 0 Å². The summed E-state index contributed by atoms with van der Waals surface area (Å²) in [6, 6.07) is 0. The van der Waals surface area contributed by atoms with E-state index in [-0.39, 0.29) is 0 Å². The minimum absolute atomic E-state index is 0.935. The molecular weight excluding hydrogens is 268 g/mol. The smallest absolute Gasteiger partial charge is 0.0110 e. The summed E-state index contributed by atoms with van der Waals surface area (Å²) in [5.74, 6) is 0.935. The summed E-state index contributed by atoms with van der Waals surface area (Å²) < 4.78 is 0. The van der Waals surface area contributed by atoms with Crippen LogP contribution in [0.3, 0.4) is 0 Å². The lowest BCUT2D eigenvalue weighted by Crippen LogP contribution is -2.47. The molecule has 132 valence electrons. The minimum Gasteiger partial charge on any atom is -0.301 e. The summed E-state index contributed by atoms with van der Waals surface area (Å²) in [5.41, 5.74) is 0. The molecule has 0 spiro atoms. The molecule has 0 bridgehead atoms. The van der Waals surface area contributed by atoms with E-state index in [1.807, 2.05) is 0 Å². The van der Waals surface area contributed by atoms with Gasteiger partial charge in [0.25, 0.3) is 0 Å². The molecule has 1 aliphatic heterocycles. The van der Waals surface area contributed by atoms with Crippen LogP contribution in [-0.4, -0.2) is 49.1 Å². The lowest BCUT2D eigenvalue weighted by atomic mass is 9.98. The largest absolute Gasteiger partial charge is 0.301 e. The summed E-state index contributed by atoms with van der Waals surface area (Å²) in [7, 11) is 0. The van der Waals surface area contributed by atoms with Crippen molar-refractivity contribution in [3.05, 3.63) is 0 Å². The predicted octanol–water partition coefficient (Wildman–Crippen LogP) is 5.18. The van der Waals surface area contributed by atoms with E-state index in [4.69, 9.17) is 0 Å². The first-order chi connectivity index (χ1) is 10.8. The zero-order valence-corrected chi connectivity index (χ0v) is 15.8. The standard InChI is InChI=1S/C20H42N2/c1-4-7-9-10-11-12-14-21-15-17-22(18-16-21)19-20(6-3)13-8-5-2/h20H,4-19H2,1-3H3. The normalized spacial score (nSPS) is 18.7. The highest BCUT2D eigenvalue weighted by Gasteiger charge is 2.18. The molecule has 1 aliphatic rings.